The molecule has 5 rings (SSSR count). The predicted molar refractivity (Wildman–Crippen MR) is 111 cm³/mol. The molecule has 0 bridgehead atoms. The standard InChI is InChI=1S/C24H18F3N3O2/c25-24(26,27)32-19-12-5-4-10-17(19)21-28-20(18-11-6-7-15-30(18)21)22(31)29-23(13-14-23)16-8-2-1-3-9-16/h1-12,15H,13-14H2,(H,29,31)/p+1. The number of pyridine rings is 1. The summed E-state index contributed by atoms with van der Waals surface area (Å²) in [6.45, 7) is 0. The summed E-state index contributed by atoms with van der Waals surface area (Å²) in [5.41, 5.74) is 1.61. The van der Waals surface area contributed by atoms with E-state index >= 15 is 0 Å². The quantitative estimate of drug-likeness (QED) is 0.443. The Labute approximate surface area is 181 Å². The van der Waals surface area contributed by atoms with Crippen LogP contribution in [0.2, 0.25) is 0 Å². The van der Waals surface area contributed by atoms with Crippen LogP contribution in [0.3, 0.4) is 0 Å². The highest BCUT2D eigenvalue weighted by Gasteiger charge is 2.46. The SMILES string of the molecule is O=C(NC1(c2ccccc2)CC1)c1[nH]c(-c2ccccc2OC(F)(F)F)[n+]2ccccc12. The first-order valence-electron chi connectivity index (χ1n) is 10.1. The van der Waals surface area contributed by atoms with E-state index in [1.165, 1.54) is 18.2 Å². The summed E-state index contributed by atoms with van der Waals surface area (Å²) in [5, 5.41) is 3.11. The van der Waals surface area contributed by atoms with Crippen LogP contribution in [0.25, 0.3) is 16.9 Å². The number of amides is 1. The van der Waals surface area contributed by atoms with Crippen molar-refractivity contribution >= 4 is 11.4 Å². The Kier molecular flexibility index (Phi) is 4.65. The van der Waals surface area contributed by atoms with Gasteiger partial charge in [-0.25, -0.2) is 4.98 Å². The number of hydrogen-bond acceptors (Lipinski definition) is 2. The molecule has 2 heterocycles. The largest absolute Gasteiger partial charge is 0.573 e. The van der Waals surface area contributed by atoms with Gasteiger partial charge in [0.25, 0.3) is 11.7 Å². The third-order valence-corrected chi connectivity index (χ3v) is 5.62. The van der Waals surface area contributed by atoms with Crippen LogP contribution >= 0.6 is 0 Å². The molecule has 1 saturated carbocycles. The summed E-state index contributed by atoms with van der Waals surface area (Å²) in [6.07, 6.45) is -1.50. The zero-order chi connectivity index (χ0) is 22.3. The highest BCUT2D eigenvalue weighted by atomic mass is 19.4. The van der Waals surface area contributed by atoms with Gasteiger partial charge in [0.15, 0.2) is 5.52 Å². The molecule has 1 amide bonds. The normalized spacial score (nSPS) is 14.8. The second-order valence-corrected chi connectivity index (χ2v) is 7.75. The molecule has 2 aromatic heterocycles. The Hall–Kier alpha value is -3.81. The number of aromatic amines is 1. The van der Waals surface area contributed by atoms with E-state index in [0.717, 1.165) is 18.4 Å². The molecular weight excluding hydrogens is 419 g/mol. The monoisotopic (exact) mass is 438 g/mol. The van der Waals surface area contributed by atoms with Gasteiger partial charge in [-0.2, -0.15) is 4.40 Å². The number of hydrogen-bond donors (Lipinski definition) is 2. The first kappa shape index (κ1) is 20.1. The maximum Gasteiger partial charge on any atom is 0.573 e. The fraction of sp³-hybridized carbons (Fsp3) is 0.167. The minimum atomic E-state index is -4.84. The van der Waals surface area contributed by atoms with Crippen molar-refractivity contribution in [3.05, 3.63) is 90.3 Å². The Balaban J connectivity index is 1.56. The van der Waals surface area contributed by atoms with Crippen molar-refractivity contribution in [2.75, 3.05) is 0 Å². The van der Waals surface area contributed by atoms with Gasteiger partial charge < -0.3 is 10.1 Å². The fourth-order valence-electron chi connectivity index (χ4n) is 3.98. The number of rotatable bonds is 5. The van der Waals surface area contributed by atoms with Crippen molar-refractivity contribution in [1.29, 1.82) is 0 Å². The van der Waals surface area contributed by atoms with E-state index in [1.807, 2.05) is 30.3 Å². The number of para-hydroxylation sites is 1. The van der Waals surface area contributed by atoms with Crippen LogP contribution in [0.15, 0.2) is 79.0 Å². The second-order valence-electron chi connectivity index (χ2n) is 7.75. The highest BCUT2D eigenvalue weighted by molar-refractivity contribution is 5.99. The predicted octanol–water partition coefficient (Wildman–Crippen LogP) is 4.74. The number of nitrogens with zero attached hydrogens (tertiary/aromatic N) is 1. The number of alkyl halides is 3. The molecule has 0 saturated heterocycles. The second kappa shape index (κ2) is 7.40. The summed E-state index contributed by atoms with van der Waals surface area (Å²) in [5.74, 6) is -0.361. The number of imidazole rings is 1. The van der Waals surface area contributed by atoms with Crippen LogP contribution in [-0.2, 0) is 5.54 Å². The van der Waals surface area contributed by atoms with Crippen molar-refractivity contribution in [3.8, 4) is 17.1 Å². The van der Waals surface area contributed by atoms with Gasteiger partial charge in [0.1, 0.15) is 11.3 Å². The molecular formula is C24H19F3N3O2+. The average molecular weight is 438 g/mol. The molecule has 0 unspecified atom stereocenters. The van der Waals surface area contributed by atoms with Gasteiger partial charge in [0, 0.05) is 0 Å². The molecule has 0 atom stereocenters. The number of aromatic nitrogens is 2. The summed E-state index contributed by atoms with van der Waals surface area (Å²) in [6, 6.07) is 20.8. The Morgan fingerprint density at radius 1 is 0.969 bits per heavy atom. The zero-order valence-electron chi connectivity index (χ0n) is 16.8. The van der Waals surface area contributed by atoms with Crippen molar-refractivity contribution in [2.45, 2.75) is 24.7 Å². The van der Waals surface area contributed by atoms with Gasteiger partial charge in [-0.15, -0.1) is 13.2 Å². The number of benzene rings is 2. The number of halogens is 3. The number of H-pyrrole nitrogens is 1. The highest BCUT2D eigenvalue weighted by Crippen LogP contribution is 2.45. The lowest BCUT2D eigenvalue weighted by Gasteiger charge is -2.16. The van der Waals surface area contributed by atoms with E-state index in [-0.39, 0.29) is 22.9 Å². The molecule has 2 N–H and O–H groups in total. The molecule has 0 radical (unpaired) electrons. The van der Waals surface area contributed by atoms with E-state index in [0.29, 0.717) is 11.3 Å². The summed E-state index contributed by atoms with van der Waals surface area (Å²) < 4.78 is 44.7. The van der Waals surface area contributed by atoms with Crippen LogP contribution in [-0.4, -0.2) is 17.3 Å². The average Bonchev–Trinajstić information content (AvgIpc) is 3.45. The van der Waals surface area contributed by atoms with Crippen LogP contribution in [0.4, 0.5) is 13.2 Å². The molecule has 0 aliphatic heterocycles. The van der Waals surface area contributed by atoms with E-state index in [4.69, 9.17) is 0 Å². The molecule has 5 nitrogen and oxygen atoms in total. The lowest BCUT2D eigenvalue weighted by molar-refractivity contribution is -0.498. The molecule has 2 aromatic carbocycles. The Bertz CT molecular complexity index is 1290. The lowest BCUT2D eigenvalue weighted by atomic mass is 10.0. The number of fused-ring (bicyclic) bond motifs is 1. The first-order chi connectivity index (χ1) is 15.4. The Morgan fingerprint density at radius 3 is 2.38 bits per heavy atom. The number of nitrogens with one attached hydrogen (secondary N) is 2. The van der Waals surface area contributed by atoms with E-state index in [1.54, 1.807) is 34.9 Å². The van der Waals surface area contributed by atoms with E-state index in [2.05, 4.69) is 15.0 Å². The first-order valence-corrected chi connectivity index (χ1v) is 10.1. The Morgan fingerprint density at radius 2 is 1.66 bits per heavy atom. The van der Waals surface area contributed by atoms with Crippen LogP contribution in [0, 0.1) is 0 Å². The van der Waals surface area contributed by atoms with Gasteiger partial charge in [0.2, 0.25) is 5.69 Å². The number of ether oxygens (including phenoxy) is 1. The van der Waals surface area contributed by atoms with Crippen molar-refractivity contribution in [2.24, 2.45) is 0 Å². The minimum Gasteiger partial charge on any atom is -0.405 e. The van der Waals surface area contributed by atoms with Crippen LogP contribution in [0.5, 0.6) is 5.75 Å². The topological polar surface area (TPSA) is 58.2 Å². The minimum absolute atomic E-state index is 0.189. The molecule has 4 aromatic rings. The van der Waals surface area contributed by atoms with Crippen molar-refractivity contribution < 1.29 is 27.1 Å². The fourth-order valence-corrected chi connectivity index (χ4v) is 3.98. The lowest BCUT2D eigenvalue weighted by Crippen LogP contribution is -2.35. The molecule has 8 heteroatoms. The van der Waals surface area contributed by atoms with Gasteiger partial charge in [-0.3, -0.25) is 4.79 Å². The van der Waals surface area contributed by atoms with E-state index in [9.17, 15) is 18.0 Å². The van der Waals surface area contributed by atoms with Gasteiger partial charge in [-0.05, 0) is 42.7 Å². The van der Waals surface area contributed by atoms with Crippen LogP contribution in [0.1, 0.15) is 28.9 Å². The molecule has 162 valence electrons. The third-order valence-electron chi connectivity index (χ3n) is 5.62. The number of carbonyl (C=O) groups excluding carboxylic acids is 1. The van der Waals surface area contributed by atoms with E-state index < -0.39 is 11.9 Å². The summed E-state index contributed by atoms with van der Waals surface area (Å²) in [4.78, 5) is 16.3. The molecule has 0 spiro atoms. The molecule has 1 fully saturated rings. The third kappa shape index (κ3) is 3.68. The maximum atomic E-state index is 13.3. The molecule has 32 heavy (non-hydrogen) atoms. The van der Waals surface area contributed by atoms with Gasteiger partial charge >= 0.3 is 6.36 Å². The van der Waals surface area contributed by atoms with Gasteiger partial charge in [0.05, 0.1) is 11.7 Å². The smallest absolute Gasteiger partial charge is 0.405 e. The van der Waals surface area contributed by atoms with Crippen molar-refractivity contribution in [3.63, 3.8) is 0 Å². The molecule has 1 aliphatic rings. The maximum absolute atomic E-state index is 13.3. The van der Waals surface area contributed by atoms with Crippen LogP contribution < -0.4 is 14.5 Å². The summed E-state index contributed by atoms with van der Waals surface area (Å²) in [7, 11) is 0. The summed E-state index contributed by atoms with van der Waals surface area (Å²) >= 11 is 0. The zero-order valence-corrected chi connectivity index (χ0v) is 16.8. The number of carbonyl (C=O) groups is 1. The van der Waals surface area contributed by atoms with Crippen molar-refractivity contribution in [1.82, 2.24) is 10.3 Å². The van der Waals surface area contributed by atoms with Gasteiger partial charge in [-0.1, -0.05) is 48.5 Å². The molecule has 1 aliphatic carbocycles.